The molecule has 0 aliphatic rings. The molecule has 1 aromatic heterocycles. The number of hydrogen-bond donors (Lipinski definition) is 1. The van der Waals surface area contributed by atoms with Gasteiger partial charge in [-0.3, -0.25) is 4.79 Å². The third kappa shape index (κ3) is 4.90. The average Bonchev–Trinajstić information content (AvgIpc) is 3.34. The molecule has 3 aromatic carbocycles. The highest BCUT2D eigenvalue weighted by atomic mass is 16.5. The lowest BCUT2D eigenvalue weighted by Crippen LogP contribution is -2.07. The molecule has 0 bridgehead atoms. The van der Waals surface area contributed by atoms with Gasteiger partial charge in [-0.15, -0.1) is 0 Å². The van der Waals surface area contributed by atoms with Crippen LogP contribution < -0.4 is 10.1 Å². The van der Waals surface area contributed by atoms with Crippen molar-refractivity contribution >= 4 is 17.7 Å². The highest BCUT2D eigenvalue weighted by molar-refractivity contribution is 6.02. The van der Waals surface area contributed by atoms with Gasteiger partial charge in [-0.25, -0.2) is 4.98 Å². The summed E-state index contributed by atoms with van der Waals surface area (Å²) in [6.45, 7) is 2.06. The maximum Gasteiger partial charge on any atom is 0.248 e. The molecule has 0 fully saturated rings. The van der Waals surface area contributed by atoms with Crippen LogP contribution in [0.3, 0.4) is 0 Å². The Balaban J connectivity index is 1.45. The van der Waals surface area contributed by atoms with Gasteiger partial charge in [0.05, 0.1) is 13.3 Å². The quantitative estimate of drug-likeness (QED) is 0.397. The first-order valence-corrected chi connectivity index (χ1v) is 9.86. The topological polar surface area (TPSA) is 64.4 Å². The summed E-state index contributed by atoms with van der Waals surface area (Å²) in [5.74, 6) is 1.18. The second kappa shape index (κ2) is 9.13. The van der Waals surface area contributed by atoms with Crippen molar-refractivity contribution in [1.29, 1.82) is 0 Å². The van der Waals surface area contributed by atoms with E-state index in [9.17, 15) is 4.79 Å². The third-order valence-electron chi connectivity index (χ3n) is 4.92. The minimum absolute atomic E-state index is 0.189. The summed E-state index contributed by atoms with van der Waals surface area (Å²) in [6.07, 6.45) is 6.48. The van der Waals surface area contributed by atoms with Gasteiger partial charge in [0.25, 0.3) is 0 Å². The molecule has 0 unspecified atom stereocenters. The zero-order valence-electron chi connectivity index (χ0n) is 17.3. The Kier molecular flexibility index (Phi) is 5.94. The number of hydrogen-bond acceptors (Lipinski definition) is 4. The number of aromatic nitrogens is 1. The molecular weight excluding hydrogens is 388 g/mol. The van der Waals surface area contributed by atoms with Gasteiger partial charge < -0.3 is 14.5 Å². The largest absolute Gasteiger partial charge is 0.497 e. The van der Waals surface area contributed by atoms with Crippen LogP contribution in [-0.4, -0.2) is 18.0 Å². The number of ether oxygens (including phenoxy) is 1. The predicted molar refractivity (Wildman–Crippen MR) is 123 cm³/mol. The maximum atomic E-state index is 12.3. The number of methoxy groups -OCH3 is 1. The predicted octanol–water partition coefficient (Wildman–Crippen LogP) is 5.98. The van der Waals surface area contributed by atoms with E-state index in [1.54, 1.807) is 25.6 Å². The molecule has 5 nitrogen and oxygen atoms in total. The van der Waals surface area contributed by atoms with E-state index >= 15 is 0 Å². The summed E-state index contributed by atoms with van der Waals surface area (Å²) in [4.78, 5) is 16.5. The first-order valence-electron chi connectivity index (χ1n) is 9.86. The molecule has 0 saturated heterocycles. The van der Waals surface area contributed by atoms with Crippen LogP contribution in [0.15, 0.2) is 89.7 Å². The molecule has 0 radical (unpaired) electrons. The smallest absolute Gasteiger partial charge is 0.248 e. The normalized spacial score (nSPS) is 10.9. The van der Waals surface area contributed by atoms with Crippen LogP contribution in [-0.2, 0) is 4.79 Å². The lowest BCUT2D eigenvalue weighted by atomic mass is 9.98. The minimum atomic E-state index is -0.189. The molecule has 31 heavy (non-hydrogen) atoms. The van der Waals surface area contributed by atoms with E-state index in [2.05, 4.69) is 29.4 Å². The van der Waals surface area contributed by atoms with E-state index in [0.29, 0.717) is 5.89 Å². The van der Waals surface area contributed by atoms with E-state index in [1.807, 2.05) is 54.6 Å². The van der Waals surface area contributed by atoms with Gasteiger partial charge in [0.2, 0.25) is 11.8 Å². The fourth-order valence-electron chi connectivity index (χ4n) is 3.24. The van der Waals surface area contributed by atoms with Crippen LogP contribution in [0, 0.1) is 6.92 Å². The van der Waals surface area contributed by atoms with Crippen LogP contribution in [0.25, 0.3) is 28.7 Å². The summed E-state index contributed by atoms with van der Waals surface area (Å²) in [7, 11) is 1.62. The fraction of sp³-hybridized carbons (Fsp3) is 0.0769. The van der Waals surface area contributed by atoms with Crippen molar-refractivity contribution in [2.45, 2.75) is 6.92 Å². The zero-order chi connectivity index (χ0) is 21.6. The van der Waals surface area contributed by atoms with Gasteiger partial charge in [-0.05, 0) is 71.7 Å². The van der Waals surface area contributed by atoms with Gasteiger partial charge in [-0.2, -0.15) is 0 Å². The molecule has 0 aliphatic heterocycles. The Morgan fingerprint density at radius 2 is 1.74 bits per heavy atom. The van der Waals surface area contributed by atoms with Crippen molar-refractivity contribution in [3.05, 3.63) is 96.4 Å². The van der Waals surface area contributed by atoms with Crippen molar-refractivity contribution in [2.24, 2.45) is 0 Å². The molecule has 1 heterocycles. The van der Waals surface area contributed by atoms with Gasteiger partial charge in [0.15, 0.2) is 0 Å². The Labute approximate surface area is 181 Å². The number of nitrogens with one attached hydrogen (secondary N) is 1. The Morgan fingerprint density at radius 1 is 1.00 bits per heavy atom. The molecule has 154 valence electrons. The third-order valence-corrected chi connectivity index (χ3v) is 4.92. The second-order valence-corrected chi connectivity index (χ2v) is 7.04. The number of anilines is 1. The highest BCUT2D eigenvalue weighted by Crippen LogP contribution is 2.29. The molecule has 1 amide bonds. The molecule has 0 aliphatic carbocycles. The standard InChI is InChI=1S/C26H22N2O3/c1-18-3-7-21(26-27-15-16-31-26)17-24(18)20-8-10-22(11-9-20)28-25(29)14-6-19-4-12-23(30-2)13-5-19/h3-17H,1-2H3,(H,28,29). The minimum Gasteiger partial charge on any atom is -0.497 e. The van der Waals surface area contributed by atoms with E-state index in [1.165, 1.54) is 6.08 Å². The first kappa shape index (κ1) is 20.2. The van der Waals surface area contributed by atoms with E-state index in [4.69, 9.17) is 9.15 Å². The van der Waals surface area contributed by atoms with Gasteiger partial charge in [0, 0.05) is 17.3 Å². The molecule has 4 rings (SSSR count). The second-order valence-electron chi connectivity index (χ2n) is 7.04. The lowest BCUT2D eigenvalue weighted by molar-refractivity contribution is -0.111. The van der Waals surface area contributed by atoms with Crippen molar-refractivity contribution in [1.82, 2.24) is 4.98 Å². The van der Waals surface area contributed by atoms with E-state index in [0.717, 1.165) is 39.3 Å². The molecule has 0 saturated carbocycles. The van der Waals surface area contributed by atoms with E-state index < -0.39 is 0 Å². The van der Waals surface area contributed by atoms with Crippen molar-refractivity contribution in [3.63, 3.8) is 0 Å². The summed E-state index contributed by atoms with van der Waals surface area (Å²) in [5, 5.41) is 2.89. The number of amides is 1. The zero-order valence-corrected chi connectivity index (χ0v) is 17.3. The lowest BCUT2D eigenvalue weighted by Gasteiger charge is -2.09. The van der Waals surface area contributed by atoms with Crippen LogP contribution in [0.4, 0.5) is 5.69 Å². The number of rotatable bonds is 6. The first-order chi connectivity index (χ1) is 15.1. The summed E-state index contributed by atoms with van der Waals surface area (Å²) in [6, 6.07) is 21.4. The van der Waals surface area contributed by atoms with Gasteiger partial charge in [-0.1, -0.05) is 30.3 Å². The van der Waals surface area contributed by atoms with Crippen LogP contribution in [0.1, 0.15) is 11.1 Å². The molecule has 5 heteroatoms. The van der Waals surface area contributed by atoms with Crippen molar-refractivity contribution in [3.8, 4) is 28.3 Å². The Hall–Kier alpha value is -4.12. The average molecular weight is 410 g/mol. The SMILES string of the molecule is COc1ccc(C=CC(=O)Nc2ccc(-c3cc(-c4ncco4)ccc3C)cc2)cc1. The molecule has 0 spiro atoms. The number of oxazole rings is 1. The number of nitrogens with zero attached hydrogens (tertiary/aromatic N) is 1. The van der Waals surface area contributed by atoms with Crippen LogP contribution in [0.5, 0.6) is 5.75 Å². The van der Waals surface area contributed by atoms with Crippen molar-refractivity contribution in [2.75, 3.05) is 12.4 Å². The van der Waals surface area contributed by atoms with Crippen LogP contribution >= 0.6 is 0 Å². The fourth-order valence-corrected chi connectivity index (χ4v) is 3.24. The highest BCUT2D eigenvalue weighted by Gasteiger charge is 2.08. The van der Waals surface area contributed by atoms with E-state index in [-0.39, 0.29) is 5.91 Å². The van der Waals surface area contributed by atoms with Gasteiger partial charge in [0.1, 0.15) is 12.0 Å². The molecular formula is C26H22N2O3. The number of benzene rings is 3. The maximum absolute atomic E-state index is 12.3. The molecule has 0 atom stereocenters. The Morgan fingerprint density at radius 3 is 2.42 bits per heavy atom. The Bertz CT molecular complexity index is 1190. The van der Waals surface area contributed by atoms with Gasteiger partial charge >= 0.3 is 0 Å². The molecule has 1 N–H and O–H groups in total. The molecule has 4 aromatic rings. The summed E-state index contributed by atoms with van der Waals surface area (Å²) >= 11 is 0. The number of aryl methyl sites for hydroxylation is 1. The number of carbonyl (C=O) groups excluding carboxylic acids is 1. The number of carbonyl (C=O) groups is 1. The summed E-state index contributed by atoms with van der Waals surface area (Å²) in [5.41, 5.74) is 5.87. The van der Waals surface area contributed by atoms with Crippen molar-refractivity contribution < 1.29 is 13.9 Å². The summed E-state index contributed by atoms with van der Waals surface area (Å²) < 4.78 is 10.5. The monoisotopic (exact) mass is 410 g/mol. The van der Waals surface area contributed by atoms with Crippen LogP contribution in [0.2, 0.25) is 0 Å².